The van der Waals surface area contributed by atoms with Crippen molar-refractivity contribution in [1.82, 2.24) is 5.32 Å². The summed E-state index contributed by atoms with van der Waals surface area (Å²) in [6.45, 7) is 4.76. The van der Waals surface area contributed by atoms with Crippen LogP contribution in [0.25, 0.3) is 0 Å². The van der Waals surface area contributed by atoms with E-state index in [-0.39, 0.29) is 23.7 Å². The van der Waals surface area contributed by atoms with Crippen LogP contribution in [0.15, 0.2) is 24.3 Å². The quantitative estimate of drug-likeness (QED) is 0.872. The van der Waals surface area contributed by atoms with Crippen molar-refractivity contribution in [2.45, 2.75) is 56.9 Å². The van der Waals surface area contributed by atoms with Crippen LogP contribution in [0.3, 0.4) is 0 Å². The maximum atomic E-state index is 12.4. The standard InChI is InChI=1S/C17H25ClN2O.ClH/c1-16(2,13-7-6-8-14(18)11-13)12-20-15(21)17(19)9-4-3-5-10-17;/h6-8,11H,3-5,9-10,12,19H2,1-2H3,(H,20,21);1H. The van der Waals surface area contributed by atoms with E-state index in [1.807, 2.05) is 24.3 Å². The Kier molecular flexibility index (Phi) is 6.72. The second kappa shape index (κ2) is 7.67. The van der Waals surface area contributed by atoms with Gasteiger partial charge in [0.15, 0.2) is 0 Å². The van der Waals surface area contributed by atoms with E-state index < -0.39 is 5.54 Å². The first-order valence-electron chi connectivity index (χ1n) is 7.67. The van der Waals surface area contributed by atoms with Gasteiger partial charge in [0.2, 0.25) is 5.91 Å². The molecule has 0 spiro atoms. The monoisotopic (exact) mass is 344 g/mol. The highest BCUT2D eigenvalue weighted by Crippen LogP contribution is 2.28. The zero-order chi connectivity index (χ0) is 15.5. The summed E-state index contributed by atoms with van der Waals surface area (Å²) in [7, 11) is 0. The van der Waals surface area contributed by atoms with E-state index >= 15 is 0 Å². The van der Waals surface area contributed by atoms with Gasteiger partial charge in [0, 0.05) is 17.0 Å². The Morgan fingerprint density at radius 2 is 1.95 bits per heavy atom. The fourth-order valence-electron chi connectivity index (χ4n) is 2.90. The highest BCUT2D eigenvalue weighted by atomic mass is 35.5. The Balaban J connectivity index is 0.00000242. The molecule has 0 aromatic heterocycles. The SMILES string of the molecule is CC(C)(CNC(=O)C1(N)CCCCC1)c1cccc(Cl)c1.Cl. The number of benzene rings is 1. The second-order valence-electron chi connectivity index (χ2n) is 6.79. The molecule has 0 radical (unpaired) electrons. The smallest absolute Gasteiger partial charge is 0.240 e. The minimum absolute atomic E-state index is 0. The maximum Gasteiger partial charge on any atom is 0.240 e. The number of carbonyl (C=O) groups excluding carboxylic acids is 1. The van der Waals surface area contributed by atoms with E-state index in [9.17, 15) is 4.79 Å². The third kappa shape index (κ3) is 4.61. The number of nitrogens with one attached hydrogen (secondary N) is 1. The van der Waals surface area contributed by atoms with Crippen LogP contribution >= 0.6 is 24.0 Å². The molecule has 1 aromatic rings. The molecule has 0 heterocycles. The van der Waals surface area contributed by atoms with Crippen molar-refractivity contribution >= 4 is 29.9 Å². The highest BCUT2D eigenvalue weighted by Gasteiger charge is 2.36. The topological polar surface area (TPSA) is 55.1 Å². The number of amides is 1. The first-order chi connectivity index (χ1) is 9.83. The van der Waals surface area contributed by atoms with Crippen molar-refractivity contribution < 1.29 is 4.79 Å². The van der Waals surface area contributed by atoms with Crippen molar-refractivity contribution in [2.75, 3.05) is 6.54 Å². The zero-order valence-electron chi connectivity index (χ0n) is 13.3. The van der Waals surface area contributed by atoms with Gasteiger partial charge in [-0.05, 0) is 30.5 Å². The van der Waals surface area contributed by atoms with Crippen molar-refractivity contribution in [3.05, 3.63) is 34.9 Å². The van der Waals surface area contributed by atoms with E-state index in [1.165, 1.54) is 6.42 Å². The molecule has 1 saturated carbocycles. The van der Waals surface area contributed by atoms with Crippen LogP contribution in [0.4, 0.5) is 0 Å². The summed E-state index contributed by atoms with van der Waals surface area (Å²) < 4.78 is 0. The number of nitrogens with two attached hydrogens (primary N) is 1. The van der Waals surface area contributed by atoms with Crippen LogP contribution in [0.2, 0.25) is 5.02 Å². The normalized spacial score (nSPS) is 17.5. The van der Waals surface area contributed by atoms with Gasteiger partial charge in [-0.1, -0.05) is 56.8 Å². The Morgan fingerprint density at radius 3 is 2.55 bits per heavy atom. The lowest BCUT2D eigenvalue weighted by atomic mass is 9.81. The molecule has 0 unspecified atom stereocenters. The Hall–Kier alpha value is -0.770. The molecule has 2 rings (SSSR count). The summed E-state index contributed by atoms with van der Waals surface area (Å²) in [5.74, 6) is -0.0164. The van der Waals surface area contributed by atoms with E-state index in [4.69, 9.17) is 17.3 Å². The van der Waals surface area contributed by atoms with E-state index in [0.29, 0.717) is 6.54 Å². The molecule has 1 amide bonds. The minimum atomic E-state index is -0.678. The second-order valence-corrected chi connectivity index (χ2v) is 7.23. The van der Waals surface area contributed by atoms with Gasteiger partial charge in [-0.25, -0.2) is 0 Å². The zero-order valence-corrected chi connectivity index (χ0v) is 14.9. The van der Waals surface area contributed by atoms with Crippen molar-refractivity contribution in [3.8, 4) is 0 Å². The average Bonchev–Trinajstić information content (AvgIpc) is 2.45. The first kappa shape index (κ1) is 19.3. The molecular weight excluding hydrogens is 319 g/mol. The molecule has 124 valence electrons. The number of rotatable bonds is 4. The minimum Gasteiger partial charge on any atom is -0.354 e. The molecule has 5 heteroatoms. The fraction of sp³-hybridized carbons (Fsp3) is 0.588. The van der Waals surface area contributed by atoms with Gasteiger partial charge in [-0.3, -0.25) is 4.79 Å². The Morgan fingerprint density at radius 1 is 1.32 bits per heavy atom. The van der Waals surface area contributed by atoms with Gasteiger partial charge in [0.05, 0.1) is 5.54 Å². The molecule has 1 fully saturated rings. The summed E-state index contributed by atoms with van der Waals surface area (Å²) in [5.41, 5.74) is 6.52. The average molecular weight is 345 g/mol. The van der Waals surface area contributed by atoms with Crippen LogP contribution < -0.4 is 11.1 Å². The lowest BCUT2D eigenvalue weighted by Gasteiger charge is -2.34. The van der Waals surface area contributed by atoms with E-state index in [1.54, 1.807) is 0 Å². The predicted octanol–water partition coefficient (Wildman–Crippen LogP) is 3.82. The summed E-state index contributed by atoms with van der Waals surface area (Å²) in [6.07, 6.45) is 4.84. The van der Waals surface area contributed by atoms with E-state index in [0.717, 1.165) is 36.3 Å². The van der Waals surface area contributed by atoms with Crippen molar-refractivity contribution in [1.29, 1.82) is 0 Å². The van der Waals surface area contributed by atoms with Crippen LogP contribution in [-0.4, -0.2) is 18.0 Å². The maximum absolute atomic E-state index is 12.4. The van der Waals surface area contributed by atoms with Gasteiger partial charge < -0.3 is 11.1 Å². The molecule has 0 aliphatic heterocycles. The third-order valence-corrected chi connectivity index (χ3v) is 4.73. The van der Waals surface area contributed by atoms with Crippen LogP contribution in [0.1, 0.15) is 51.5 Å². The summed E-state index contributed by atoms with van der Waals surface area (Å²) >= 11 is 6.05. The lowest BCUT2D eigenvalue weighted by Crippen LogP contribution is -2.56. The van der Waals surface area contributed by atoms with Gasteiger partial charge >= 0.3 is 0 Å². The first-order valence-corrected chi connectivity index (χ1v) is 8.05. The molecule has 1 aliphatic carbocycles. The number of hydrogen-bond acceptors (Lipinski definition) is 2. The third-order valence-electron chi connectivity index (χ3n) is 4.49. The number of halogens is 2. The molecular formula is C17H26Cl2N2O. The molecule has 1 aromatic carbocycles. The number of hydrogen-bond donors (Lipinski definition) is 2. The predicted molar refractivity (Wildman–Crippen MR) is 94.7 cm³/mol. The molecule has 22 heavy (non-hydrogen) atoms. The number of carbonyl (C=O) groups is 1. The Labute approximate surface area is 144 Å². The van der Waals surface area contributed by atoms with Crippen LogP contribution in [-0.2, 0) is 10.2 Å². The Bertz CT molecular complexity index is 511. The van der Waals surface area contributed by atoms with E-state index in [2.05, 4.69) is 19.2 Å². The van der Waals surface area contributed by atoms with Gasteiger partial charge in [-0.2, -0.15) is 0 Å². The molecule has 3 nitrogen and oxygen atoms in total. The molecule has 0 atom stereocenters. The largest absolute Gasteiger partial charge is 0.354 e. The highest BCUT2D eigenvalue weighted by molar-refractivity contribution is 6.30. The van der Waals surface area contributed by atoms with Crippen molar-refractivity contribution in [2.24, 2.45) is 5.73 Å². The van der Waals surface area contributed by atoms with Crippen molar-refractivity contribution in [3.63, 3.8) is 0 Å². The molecule has 0 saturated heterocycles. The summed E-state index contributed by atoms with van der Waals surface area (Å²) in [6, 6.07) is 7.78. The fourth-order valence-corrected chi connectivity index (χ4v) is 3.09. The molecule has 1 aliphatic rings. The summed E-state index contributed by atoms with van der Waals surface area (Å²) in [4.78, 5) is 12.4. The van der Waals surface area contributed by atoms with Crippen LogP contribution in [0, 0.1) is 0 Å². The molecule has 3 N–H and O–H groups in total. The van der Waals surface area contributed by atoms with Crippen LogP contribution in [0.5, 0.6) is 0 Å². The van der Waals surface area contributed by atoms with Gasteiger partial charge in [0.25, 0.3) is 0 Å². The van der Waals surface area contributed by atoms with Gasteiger partial charge in [0.1, 0.15) is 0 Å². The lowest BCUT2D eigenvalue weighted by molar-refractivity contribution is -0.127. The summed E-state index contributed by atoms with van der Waals surface area (Å²) in [5, 5.41) is 3.76. The van der Waals surface area contributed by atoms with Gasteiger partial charge in [-0.15, -0.1) is 12.4 Å². The molecule has 0 bridgehead atoms.